The molecule has 6 heteroatoms. The molecular weight excluding hydrogens is 260 g/mol. The highest BCUT2D eigenvalue weighted by molar-refractivity contribution is 5.90. The van der Waals surface area contributed by atoms with Crippen LogP contribution in [0.2, 0.25) is 0 Å². The van der Waals surface area contributed by atoms with Crippen LogP contribution in [0.1, 0.15) is 41.5 Å². The van der Waals surface area contributed by atoms with Crippen LogP contribution in [-0.4, -0.2) is 52.3 Å². The molecule has 0 aromatic heterocycles. The molecule has 2 amide bonds. The average Bonchev–Trinajstić information content (AvgIpc) is 2.20. The van der Waals surface area contributed by atoms with E-state index >= 15 is 0 Å². The molecule has 0 spiro atoms. The second kappa shape index (κ2) is 5.60. The molecule has 116 valence electrons. The van der Waals surface area contributed by atoms with E-state index < -0.39 is 23.3 Å². The standard InChI is InChI=1S/C14H26N2O4/c1-9(2)14(6,11(18)16-7-10(17)8-16)15-12(19)20-13(3,4)5/h9-10,17H,7-8H2,1-6H3,(H,15,19). The summed E-state index contributed by atoms with van der Waals surface area (Å²) in [6.07, 6.45) is -1.07. The molecule has 6 nitrogen and oxygen atoms in total. The number of aliphatic hydroxyl groups excluding tert-OH is 1. The van der Waals surface area contributed by atoms with Crippen molar-refractivity contribution in [3.05, 3.63) is 0 Å². The lowest BCUT2D eigenvalue weighted by Crippen LogP contribution is -2.66. The highest BCUT2D eigenvalue weighted by Crippen LogP contribution is 2.23. The van der Waals surface area contributed by atoms with Gasteiger partial charge in [-0.05, 0) is 33.6 Å². The minimum Gasteiger partial charge on any atom is -0.444 e. The van der Waals surface area contributed by atoms with Crippen LogP contribution in [0.3, 0.4) is 0 Å². The number of carbonyl (C=O) groups is 2. The second-order valence-electron chi connectivity index (χ2n) is 6.85. The Bertz CT molecular complexity index is 383. The lowest BCUT2D eigenvalue weighted by Gasteiger charge is -2.43. The summed E-state index contributed by atoms with van der Waals surface area (Å²) < 4.78 is 5.22. The summed E-state index contributed by atoms with van der Waals surface area (Å²) in [5.74, 6) is -0.288. The minimum atomic E-state index is -1.04. The lowest BCUT2D eigenvalue weighted by atomic mass is 9.86. The quantitative estimate of drug-likeness (QED) is 0.815. The Morgan fingerprint density at radius 1 is 1.25 bits per heavy atom. The summed E-state index contributed by atoms with van der Waals surface area (Å²) in [5, 5.41) is 12.0. The van der Waals surface area contributed by atoms with Gasteiger partial charge in [0, 0.05) is 13.1 Å². The van der Waals surface area contributed by atoms with E-state index in [0.29, 0.717) is 13.1 Å². The summed E-state index contributed by atoms with van der Waals surface area (Å²) >= 11 is 0. The van der Waals surface area contributed by atoms with Crippen molar-refractivity contribution in [3.8, 4) is 0 Å². The van der Waals surface area contributed by atoms with Crippen molar-refractivity contribution in [2.45, 2.75) is 58.8 Å². The number of ether oxygens (including phenoxy) is 1. The molecule has 1 heterocycles. The molecule has 1 fully saturated rings. The van der Waals surface area contributed by atoms with Gasteiger partial charge in [-0.15, -0.1) is 0 Å². The second-order valence-corrected chi connectivity index (χ2v) is 6.85. The first kappa shape index (κ1) is 16.8. The Hall–Kier alpha value is -1.30. The number of hydrogen-bond donors (Lipinski definition) is 2. The predicted molar refractivity (Wildman–Crippen MR) is 75.2 cm³/mol. The predicted octanol–water partition coefficient (Wildman–Crippen LogP) is 1.13. The van der Waals surface area contributed by atoms with E-state index in [1.807, 2.05) is 13.8 Å². The lowest BCUT2D eigenvalue weighted by molar-refractivity contribution is -0.149. The molecule has 1 rings (SSSR count). The summed E-state index contributed by atoms with van der Waals surface area (Å²) in [5.41, 5.74) is -1.65. The molecule has 0 aromatic rings. The zero-order valence-corrected chi connectivity index (χ0v) is 13.2. The van der Waals surface area contributed by atoms with Crippen LogP contribution < -0.4 is 5.32 Å². The van der Waals surface area contributed by atoms with Gasteiger partial charge in [0.1, 0.15) is 11.1 Å². The highest BCUT2D eigenvalue weighted by atomic mass is 16.6. The van der Waals surface area contributed by atoms with E-state index in [-0.39, 0.29) is 11.8 Å². The first-order chi connectivity index (χ1) is 8.95. The Balaban J connectivity index is 2.76. The van der Waals surface area contributed by atoms with E-state index in [0.717, 1.165) is 0 Å². The van der Waals surface area contributed by atoms with E-state index in [1.165, 1.54) is 0 Å². The van der Waals surface area contributed by atoms with Crippen LogP contribution in [0.5, 0.6) is 0 Å². The van der Waals surface area contributed by atoms with Crippen LogP contribution in [0, 0.1) is 5.92 Å². The summed E-state index contributed by atoms with van der Waals surface area (Å²) in [4.78, 5) is 25.9. The van der Waals surface area contributed by atoms with Crippen LogP contribution in [0.4, 0.5) is 4.79 Å². The Morgan fingerprint density at radius 3 is 2.10 bits per heavy atom. The van der Waals surface area contributed by atoms with Crippen molar-refractivity contribution in [2.75, 3.05) is 13.1 Å². The Morgan fingerprint density at radius 2 is 1.75 bits per heavy atom. The normalized spacial score (nSPS) is 19.3. The fourth-order valence-corrected chi connectivity index (χ4v) is 1.91. The van der Waals surface area contributed by atoms with Gasteiger partial charge in [-0.25, -0.2) is 4.79 Å². The van der Waals surface area contributed by atoms with Crippen LogP contribution in [-0.2, 0) is 9.53 Å². The maximum Gasteiger partial charge on any atom is 0.408 e. The van der Waals surface area contributed by atoms with E-state index in [4.69, 9.17) is 4.74 Å². The fourth-order valence-electron chi connectivity index (χ4n) is 1.91. The monoisotopic (exact) mass is 286 g/mol. The van der Waals surface area contributed by atoms with Crippen LogP contribution in [0.25, 0.3) is 0 Å². The maximum absolute atomic E-state index is 12.5. The molecular formula is C14H26N2O4. The third-order valence-corrected chi connectivity index (χ3v) is 3.51. The van der Waals surface area contributed by atoms with Crippen molar-refractivity contribution in [3.63, 3.8) is 0 Å². The van der Waals surface area contributed by atoms with E-state index in [2.05, 4.69) is 5.32 Å². The molecule has 20 heavy (non-hydrogen) atoms. The van der Waals surface area contributed by atoms with E-state index in [9.17, 15) is 14.7 Å². The Kier molecular flexibility index (Phi) is 4.69. The maximum atomic E-state index is 12.5. The number of hydrogen-bond acceptors (Lipinski definition) is 4. The van der Waals surface area contributed by atoms with Gasteiger partial charge >= 0.3 is 6.09 Å². The number of alkyl carbamates (subject to hydrolysis) is 1. The zero-order chi connectivity index (χ0) is 15.7. The summed E-state index contributed by atoms with van der Waals surface area (Å²) in [7, 11) is 0. The van der Waals surface area contributed by atoms with Gasteiger partial charge in [-0.1, -0.05) is 13.8 Å². The van der Waals surface area contributed by atoms with Crippen molar-refractivity contribution in [1.82, 2.24) is 10.2 Å². The SMILES string of the molecule is CC(C)C(C)(NC(=O)OC(C)(C)C)C(=O)N1CC(O)C1. The highest BCUT2D eigenvalue weighted by Gasteiger charge is 2.45. The van der Waals surface area contributed by atoms with Crippen molar-refractivity contribution >= 4 is 12.0 Å². The number of nitrogens with one attached hydrogen (secondary N) is 1. The fraction of sp³-hybridized carbons (Fsp3) is 0.857. The largest absolute Gasteiger partial charge is 0.444 e. The molecule has 1 saturated heterocycles. The van der Waals surface area contributed by atoms with Crippen LogP contribution in [0.15, 0.2) is 0 Å². The molecule has 2 N–H and O–H groups in total. The minimum absolute atomic E-state index is 0.0970. The molecule has 0 aromatic carbocycles. The molecule has 1 unspecified atom stereocenters. The topological polar surface area (TPSA) is 78.9 Å². The third kappa shape index (κ3) is 3.85. The van der Waals surface area contributed by atoms with Gasteiger partial charge in [0.05, 0.1) is 6.10 Å². The first-order valence-corrected chi connectivity index (χ1v) is 6.94. The van der Waals surface area contributed by atoms with Crippen molar-refractivity contribution < 1.29 is 19.4 Å². The molecule has 1 aliphatic rings. The number of amides is 2. The number of β-amino-alcohol motifs (C(OH)–C–C–N with tert-alkyl or cyclic N) is 1. The van der Waals surface area contributed by atoms with Crippen LogP contribution >= 0.6 is 0 Å². The average molecular weight is 286 g/mol. The number of aliphatic hydroxyl groups is 1. The van der Waals surface area contributed by atoms with E-state index in [1.54, 1.807) is 32.6 Å². The van der Waals surface area contributed by atoms with Gasteiger partial charge < -0.3 is 20.1 Å². The number of nitrogens with zero attached hydrogens (tertiary/aromatic N) is 1. The molecule has 1 aliphatic heterocycles. The van der Waals surface area contributed by atoms with Gasteiger partial charge in [0.15, 0.2) is 0 Å². The first-order valence-electron chi connectivity index (χ1n) is 6.94. The molecule has 0 aliphatic carbocycles. The summed E-state index contributed by atoms with van der Waals surface area (Å²) in [6, 6.07) is 0. The Labute approximate surface area is 120 Å². The molecule has 1 atom stereocenters. The van der Waals surface area contributed by atoms with Gasteiger partial charge in [-0.3, -0.25) is 4.79 Å². The van der Waals surface area contributed by atoms with Crippen molar-refractivity contribution in [2.24, 2.45) is 5.92 Å². The number of carbonyl (C=O) groups excluding carboxylic acids is 2. The molecule has 0 radical (unpaired) electrons. The zero-order valence-electron chi connectivity index (χ0n) is 13.2. The third-order valence-electron chi connectivity index (χ3n) is 3.51. The molecule has 0 saturated carbocycles. The van der Waals surface area contributed by atoms with Crippen molar-refractivity contribution in [1.29, 1.82) is 0 Å². The summed E-state index contributed by atoms with van der Waals surface area (Å²) in [6.45, 7) is 11.4. The van der Waals surface area contributed by atoms with Gasteiger partial charge in [-0.2, -0.15) is 0 Å². The van der Waals surface area contributed by atoms with Gasteiger partial charge in [0.25, 0.3) is 0 Å². The molecule has 0 bridgehead atoms. The smallest absolute Gasteiger partial charge is 0.408 e. The number of rotatable bonds is 3. The number of likely N-dealkylation sites (tertiary alicyclic amines) is 1. The van der Waals surface area contributed by atoms with Gasteiger partial charge in [0.2, 0.25) is 5.91 Å².